The molecule has 0 radical (unpaired) electrons. The van der Waals surface area contributed by atoms with Crippen LogP contribution in [-0.4, -0.2) is 11.1 Å². The Hall–Kier alpha value is -2.95. The molecule has 1 amide bonds. The summed E-state index contributed by atoms with van der Waals surface area (Å²) in [7, 11) is 0. The van der Waals surface area contributed by atoms with Gasteiger partial charge in [0.25, 0.3) is 5.91 Å². The van der Waals surface area contributed by atoms with E-state index >= 15 is 0 Å². The van der Waals surface area contributed by atoms with Crippen molar-refractivity contribution in [2.24, 2.45) is 0 Å². The Labute approximate surface area is 158 Å². The number of aryl methyl sites for hydroxylation is 2. The van der Waals surface area contributed by atoms with E-state index in [1.165, 1.54) is 22.3 Å². The summed E-state index contributed by atoms with van der Waals surface area (Å²) in [6.45, 7) is 0.375. The minimum absolute atomic E-state index is 0.143. The van der Waals surface area contributed by atoms with E-state index in [1.54, 1.807) is 23.7 Å². The predicted molar refractivity (Wildman–Crippen MR) is 103 cm³/mol. The van der Waals surface area contributed by atoms with Gasteiger partial charge in [-0.05, 0) is 52.8 Å². The third kappa shape index (κ3) is 3.63. The smallest absolute Gasteiger partial charge is 0.274 e. The molecule has 3 aromatic rings. The van der Waals surface area contributed by atoms with E-state index in [1.807, 2.05) is 6.07 Å². The summed E-state index contributed by atoms with van der Waals surface area (Å²) in [5, 5.41) is 8.83. The number of hydrogen-bond acceptors (Lipinski definition) is 3. The SMILES string of the molecule is O=C(NO)c1cccc(COC2c3ccccc3CCc3ccccc32)c1. The fraction of sp³-hybridized carbons (Fsp3) is 0.174. The summed E-state index contributed by atoms with van der Waals surface area (Å²) in [4.78, 5) is 11.6. The zero-order valence-corrected chi connectivity index (χ0v) is 14.9. The molecule has 27 heavy (non-hydrogen) atoms. The zero-order valence-electron chi connectivity index (χ0n) is 14.9. The molecule has 136 valence electrons. The fourth-order valence-corrected chi connectivity index (χ4v) is 3.70. The van der Waals surface area contributed by atoms with E-state index in [0.29, 0.717) is 12.2 Å². The number of ether oxygens (including phenoxy) is 1. The Kier molecular flexibility index (Phi) is 5.01. The van der Waals surface area contributed by atoms with Crippen molar-refractivity contribution in [3.8, 4) is 0 Å². The van der Waals surface area contributed by atoms with Crippen molar-refractivity contribution in [2.75, 3.05) is 0 Å². The molecule has 0 fully saturated rings. The molecule has 2 N–H and O–H groups in total. The first kappa shape index (κ1) is 17.5. The molecule has 4 rings (SSSR count). The van der Waals surface area contributed by atoms with E-state index in [-0.39, 0.29) is 6.10 Å². The number of fused-ring (bicyclic) bond motifs is 2. The van der Waals surface area contributed by atoms with Crippen LogP contribution in [0.15, 0.2) is 72.8 Å². The second-order valence-corrected chi connectivity index (χ2v) is 6.73. The lowest BCUT2D eigenvalue weighted by molar-refractivity contribution is 0.0658. The van der Waals surface area contributed by atoms with Crippen LogP contribution in [-0.2, 0) is 24.2 Å². The van der Waals surface area contributed by atoms with Gasteiger partial charge in [-0.25, -0.2) is 5.48 Å². The van der Waals surface area contributed by atoms with Crippen molar-refractivity contribution in [3.05, 3.63) is 106 Å². The summed E-state index contributed by atoms with van der Waals surface area (Å²) in [6.07, 6.45) is 1.86. The number of nitrogens with one attached hydrogen (secondary N) is 1. The fourth-order valence-electron chi connectivity index (χ4n) is 3.70. The van der Waals surface area contributed by atoms with Gasteiger partial charge in [-0.3, -0.25) is 10.0 Å². The molecule has 1 aliphatic rings. The van der Waals surface area contributed by atoms with Gasteiger partial charge in [0.2, 0.25) is 0 Å². The van der Waals surface area contributed by atoms with Crippen LogP contribution in [0.1, 0.15) is 44.3 Å². The van der Waals surface area contributed by atoms with Gasteiger partial charge in [-0.1, -0.05) is 60.7 Å². The van der Waals surface area contributed by atoms with Crippen LogP contribution in [0.2, 0.25) is 0 Å². The van der Waals surface area contributed by atoms with Crippen LogP contribution in [0.5, 0.6) is 0 Å². The number of carbonyl (C=O) groups excluding carboxylic acids is 1. The van der Waals surface area contributed by atoms with Crippen molar-refractivity contribution in [1.82, 2.24) is 5.48 Å². The number of carbonyl (C=O) groups is 1. The lowest BCUT2D eigenvalue weighted by Gasteiger charge is -2.21. The number of hydrogen-bond donors (Lipinski definition) is 2. The largest absolute Gasteiger partial charge is 0.364 e. The van der Waals surface area contributed by atoms with Crippen molar-refractivity contribution in [3.63, 3.8) is 0 Å². The van der Waals surface area contributed by atoms with E-state index in [4.69, 9.17) is 9.94 Å². The molecule has 0 saturated carbocycles. The van der Waals surface area contributed by atoms with Crippen LogP contribution < -0.4 is 5.48 Å². The highest BCUT2D eigenvalue weighted by atomic mass is 16.5. The van der Waals surface area contributed by atoms with Crippen LogP contribution in [0.3, 0.4) is 0 Å². The third-order valence-corrected chi connectivity index (χ3v) is 5.05. The Morgan fingerprint density at radius 1 is 0.926 bits per heavy atom. The van der Waals surface area contributed by atoms with Gasteiger partial charge < -0.3 is 4.74 Å². The van der Waals surface area contributed by atoms with E-state index in [0.717, 1.165) is 18.4 Å². The standard InChI is InChI=1S/C23H21NO3/c25-23(24-26)19-9-5-6-16(14-19)15-27-22-20-10-3-1-7-17(20)12-13-18-8-2-4-11-21(18)22/h1-11,14,22,26H,12-13,15H2,(H,24,25). The molecule has 0 spiro atoms. The van der Waals surface area contributed by atoms with E-state index in [9.17, 15) is 4.79 Å². The minimum atomic E-state index is -0.526. The second-order valence-electron chi connectivity index (χ2n) is 6.73. The number of rotatable bonds is 4. The van der Waals surface area contributed by atoms with Crippen molar-refractivity contribution in [1.29, 1.82) is 0 Å². The van der Waals surface area contributed by atoms with Gasteiger partial charge in [0, 0.05) is 5.56 Å². The van der Waals surface area contributed by atoms with Gasteiger partial charge >= 0.3 is 0 Å². The highest BCUT2D eigenvalue weighted by Crippen LogP contribution is 2.35. The first-order chi connectivity index (χ1) is 13.3. The molecule has 0 aliphatic heterocycles. The monoisotopic (exact) mass is 359 g/mol. The molecule has 0 bridgehead atoms. The predicted octanol–water partition coefficient (Wildman–Crippen LogP) is 4.21. The van der Waals surface area contributed by atoms with E-state index < -0.39 is 5.91 Å². The van der Waals surface area contributed by atoms with Crippen LogP contribution >= 0.6 is 0 Å². The highest BCUT2D eigenvalue weighted by Gasteiger charge is 2.23. The number of hydroxylamine groups is 1. The quantitative estimate of drug-likeness (QED) is 0.542. The first-order valence-electron chi connectivity index (χ1n) is 9.07. The Balaban J connectivity index is 1.65. The Morgan fingerprint density at radius 3 is 2.19 bits per heavy atom. The van der Waals surface area contributed by atoms with E-state index in [2.05, 4.69) is 48.5 Å². The average Bonchev–Trinajstić information content (AvgIpc) is 2.89. The van der Waals surface area contributed by atoms with Crippen molar-refractivity contribution < 1.29 is 14.7 Å². The lowest BCUT2D eigenvalue weighted by atomic mass is 9.97. The highest BCUT2D eigenvalue weighted by molar-refractivity contribution is 5.93. The maximum absolute atomic E-state index is 11.6. The Bertz CT molecular complexity index is 920. The lowest BCUT2D eigenvalue weighted by Crippen LogP contribution is -2.18. The molecule has 4 nitrogen and oxygen atoms in total. The molecule has 3 aromatic carbocycles. The summed E-state index contributed by atoms with van der Waals surface area (Å²) in [5.74, 6) is -0.526. The van der Waals surface area contributed by atoms with Crippen molar-refractivity contribution in [2.45, 2.75) is 25.6 Å². The number of amides is 1. The molecule has 0 atom stereocenters. The zero-order chi connectivity index (χ0) is 18.6. The van der Waals surface area contributed by atoms with Crippen LogP contribution in [0, 0.1) is 0 Å². The second kappa shape index (κ2) is 7.74. The summed E-state index contributed by atoms with van der Waals surface area (Å²) in [6, 6.07) is 24.0. The third-order valence-electron chi connectivity index (χ3n) is 5.05. The van der Waals surface area contributed by atoms with Gasteiger partial charge in [-0.2, -0.15) is 0 Å². The van der Waals surface area contributed by atoms with Gasteiger partial charge in [0.05, 0.1) is 6.61 Å². The van der Waals surface area contributed by atoms with Crippen LogP contribution in [0.25, 0.3) is 0 Å². The summed E-state index contributed by atoms with van der Waals surface area (Å²) >= 11 is 0. The maximum atomic E-state index is 11.6. The molecule has 4 heteroatoms. The number of benzene rings is 3. The van der Waals surface area contributed by atoms with Gasteiger partial charge in [0.1, 0.15) is 6.10 Å². The van der Waals surface area contributed by atoms with Crippen LogP contribution in [0.4, 0.5) is 0 Å². The summed E-state index contributed by atoms with van der Waals surface area (Å²) < 4.78 is 6.38. The molecule has 0 saturated heterocycles. The molecule has 0 aromatic heterocycles. The summed E-state index contributed by atoms with van der Waals surface area (Å²) in [5.41, 5.74) is 7.98. The minimum Gasteiger partial charge on any atom is -0.364 e. The molecular formula is C23H21NO3. The molecule has 0 heterocycles. The van der Waals surface area contributed by atoms with Gasteiger partial charge in [0.15, 0.2) is 0 Å². The van der Waals surface area contributed by atoms with Gasteiger partial charge in [-0.15, -0.1) is 0 Å². The maximum Gasteiger partial charge on any atom is 0.274 e. The Morgan fingerprint density at radius 2 is 1.56 bits per heavy atom. The first-order valence-corrected chi connectivity index (χ1v) is 9.07. The molecule has 1 aliphatic carbocycles. The molecule has 0 unspecified atom stereocenters. The normalized spacial score (nSPS) is 13.4. The average molecular weight is 359 g/mol. The molecular weight excluding hydrogens is 338 g/mol. The topological polar surface area (TPSA) is 58.6 Å². The van der Waals surface area contributed by atoms with Crippen molar-refractivity contribution >= 4 is 5.91 Å².